The lowest BCUT2D eigenvalue weighted by molar-refractivity contribution is 0.0411. The third-order valence-corrected chi connectivity index (χ3v) is 4.50. The summed E-state index contributed by atoms with van der Waals surface area (Å²) in [6.07, 6.45) is 3.72. The Bertz CT molecular complexity index is 441. The molecule has 0 amide bonds. The van der Waals surface area contributed by atoms with Crippen LogP contribution in [0.25, 0.3) is 0 Å². The van der Waals surface area contributed by atoms with Gasteiger partial charge in [0, 0.05) is 26.2 Å². The van der Waals surface area contributed by atoms with Gasteiger partial charge in [0.15, 0.2) is 0 Å². The van der Waals surface area contributed by atoms with E-state index in [-0.39, 0.29) is 0 Å². The van der Waals surface area contributed by atoms with Gasteiger partial charge in [-0.05, 0) is 55.5 Å². The second-order valence-corrected chi connectivity index (χ2v) is 6.26. The quantitative estimate of drug-likeness (QED) is 0.911. The number of ether oxygens (including phenoxy) is 1. The van der Waals surface area contributed by atoms with Crippen molar-refractivity contribution in [3.8, 4) is 0 Å². The highest BCUT2D eigenvalue weighted by atomic mass is 16.5. The van der Waals surface area contributed by atoms with Crippen molar-refractivity contribution in [3.63, 3.8) is 0 Å². The molecule has 0 saturated carbocycles. The van der Waals surface area contributed by atoms with Crippen LogP contribution in [-0.2, 0) is 24.2 Å². The SMILES string of the molecule is CN(Cc1cccc2c1CCNC2)CC1CCCOC1. The summed E-state index contributed by atoms with van der Waals surface area (Å²) in [6, 6.07) is 6.77. The van der Waals surface area contributed by atoms with Gasteiger partial charge in [-0.1, -0.05) is 18.2 Å². The van der Waals surface area contributed by atoms with E-state index < -0.39 is 0 Å². The summed E-state index contributed by atoms with van der Waals surface area (Å²) in [4.78, 5) is 2.47. The average molecular weight is 274 g/mol. The van der Waals surface area contributed by atoms with Crippen LogP contribution in [0.5, 0.6) is 0 Å². The monoisotopic (exact) mass is 274 g/mol. The lowest BCUT2D eigenvalue weighted by Crippen LogP contribution is -2.31. The first-order chi connectivity index (χ1) is 9.83. The smallest absolute Gasteiger partial charge is 0.0506 e. The van der Waals surface area contributed by atoms with Crippen LogP contribution in [0.1, 0.15) is 29.5 Å². The van der Waals surface area contributed by atoms with Crippen LogP contribution in [0.2, 0.25) is 0 Å². The van der Waals surface area contributed by atoms with Crippen molar-refractivity contribution >= 4 is 0 Å². The molecule has 0 aromatic heterocycles. The normalized spacial score (nSPS) is 22.8. The molecule has 3 heteroatoms. The van der Waals surface area contributed by atoms with Crippen LogP contribution >= 0.6 is 0 Å². The second-order valence-electron chi connectivity index (χ2n) is 6.26. The van der Waals surface area contributed by atoms with Gasteiger partial charge in [0.2, 0.25) is 0 Å². The van der Waals surface area contributed by atoms with Crippen molar-refractivity contribution in [1.29, 1.82) is 0 Å². The van der Waals surface area contributed by atoms with Crippen LogP contribution in [0.15, 0.2) is 18.2 Å². The molecule has 1 aromatic rings. The molecule has 1 atom stereocenters. The molecule has 3 nitrogen and oxygen atoms in total. The third kappa shape index (κ3) is 3.40. The van der Waals surface area contributed by atoms with Crippen molar-refractivity contribution in [2.45, 2.75) is 32.4 Å². The van der Waals surface area contributed by atoms with Gasteiger partial charge in [-0.25, -0.2) is 0 Å². The first-order valence-corrected chi connectivity index (χ1v) is 7.89. The summed E-state index contributed by atoms with van der Waals surface area (Å²) < 4.78 is 5.59. The summed E-state index contributed by atoms with van der Waals surface area (Å²) in [5, 5.41) is 3.46. The summed E-state index contributed by atoms with van der Waals surface area (Å²) in [7, 11) is 2.25. The number of hydrogen-bond donors (Lipinski definition) is 1. The molecule has 3 rings (SSSR count). The highest BCUT2D eigenvalue weighted by Gasteiger charge is 2.18. The van der Waals surface area contributed by atoms with Gasteiger partial charge >= 0.3 is 0 Å². The maximum Gasteiger partial charge on any atom is 0.0506 e. The van der Waals surface area contributed by atoms with E-state index in [0.717, 1.165) is 45.3 Å². The standard InChI is InChI=1S/C17H26N2O/c1-19(11-14-4-3-9-20-13-14)12-16-6-2-5-15-10-18-8-7-17(15)16/h2,5-6,14,18H,3-4,7-13H2,1H3. The predicted octanol–water partition coefficient (Wildman–Crippen LogP) is 2.19. The lowest BCUT2D eigenvalue weighted by atomic mass is 9.95. The molecule has 1 saturated heterocycles. The van der Waals surface area contributed by atoms with Crippen molar-refractivity contribution in [2.24, 2.45) is 5.92 Å². The third-order valence-electron chi connectivity index (χ3n) is 4.50. The highest BCUT2D eigenvalue weighted by molar-refractivity contribution is 5.36. The number of nitrogens with one attached hydrogen (secondary N) is 1. The Hall–Kier alpha value is -0.900. The predicted molar refractivity (Wildman–Crippen MR) is 81.7 cm³/mol. The fraction of sp³-hybridized carbons (Fsp3) is 0.647. The molecule has 2 aliphatic rings. The maximum atomic E-state index is 5.59. The van der Waals surface area contributed by atoms with E-state index in [1.54, 1.807) is 5.56 Å². The Balaban J connectivity index is 1.62. The van der Waals surface area contributed by atoms with Gasteiger partial charge in [0.1, 0.15) is 0 Å². The molecule has 1 fully saturated rings. The van der Waals surface area contributed by atoms with E-state index in [9.17, 15) is 0 Å². The van der Waals surface area contributed by atoms with E-state index >= 15 is 0 Å². The number of fused-ring (bicyclic) bond motifs is 1. The molecule has 0 spiro atoms. The Morgan fingerprint density at radius 3 is 3.20 bits per heavy atom. The number of hydrogen-bond acceptors (Lipinski definition) is 3. The van der Waals surface area contributed by atoms with Crippen LogP contribution in [0.4, 0.5) is 0 Å². The largest absolute Gasteiger partial charge is 0.381 e. The molecule has 1 unspecified atom stereocenters. The first kappa shape index (κ1) is 14.1. The van der Waals surface area contributed by atoms with Gasteiger partial charge in [-0.15, -0.1) is 0 Å². The topological polar surface area (TPSA) is 24.5 Å². The van der Waals surface area contributed by atoms with Crippen LogP contribution in [0.3, 0.4) is 0 Å². The Morgan fingerprint density at radius 2 is 2.35 bits per heavy atom. The van der Waals surface area contributed by atoms with Crippen molar-refractivity contribution in [3.05, 3.63) is 34.9 Å². The molecule has 1 N–H and O–H groups in total. The zero-order chi connectivity index (χ0) is 13.8. The lowest BCUT2D eigenvalue weighted by Gasteiger charge is -2.28. The summed E-state index contributed by atoms with van der Waals surface area (Å²) in [5.41, 5.74) is 4.59. The number of nitrogens with zero attached hydrogens (tertiary/aromatic N) is 1. The Morgan fingerprint density at radius 1 is 1.40 bits per heavy atom. The zero-order valence-electron chi connectivity index (χ0n) is 12.5. The van der Waals surface area contributed by atoms with Crippen molar-refractivity contribution < 1.29 is 4.74 Å². The van der Waals surface area contributed by atoms with Gasteiger partial charge in [-0.3, -0.25) is 0 Å². The van der Waals surface area contributed by atoms with Crippen molar-refractivity contribution in [1.82, 2.24) is 10.2 Å². The van der Waals surface area contributed by atoms with Crippen molar-refractivity contribution in [2.75, 3.05) is 33.4 Å². The van der Waals surface area contributed by atoms with Gasteiger partial charge in [0.05, 0.1) is 6.61 Å². The molecule has 0 aliphatic carbocycles. The van der Waals surface area contributed by atoms with E-state index in [2.05, 4.69) is 35.5 Å². The van der Waals surface area contributed by atoms with E-state index in [0.29, 0.717) is 0 Å². The minimum absolute atomic E-state index is 0.718. The van der Waals surface area contributed by atoms with Crippen LogP contribution < -0.4 is 5.32 Å². The molecule has 2 aliphatic heterocycles. The number of benzene rings is 1. The second kappa shape index (κ2) is 6.70. The van der Waals surface area contributed by atoms with E-state index in [1.165, 1.54) is 30.4 Å². The maximum absolute atomic E-state index is 5.59. The Labute approximate surface area is 122 Å². The fourth-order valence-electron chi connectivity index (χ4n) is 3.51. The summed E-state index contributed by atoms with van der Waals surface area (Å²) >= 11 is 0. The minimum atomic E-state index is 0.718. The van der Waals surface area contributed by atoms with Gasteiger partial charge < -0.3 is 15.0 Å². The fourth-order valence-corrected chi connectivity index (χ4v) is 3.51. The molecule has 0 radical (unpaired) electrons. The van der Waals surface area contributed by atoms with Gasteiger partial charge in [0.25, 0.3) is 0 Å². The molecular formula is C17H26N2O. The number of rotatable bonds is 4. The van der Waals surface area contributed by atoms with E-state index in [1.807, 2.05) is 0 Å². The molecule has 1 aromatic carbocycles. The van der Waals surface area contributed by atoms with Crippen LogP contribution in [0, 0.1) is 5.92 Å². The van der Waals surface area contributed by atoms with E-state index in [4.69, 9.17) is 4.74 Å². The summed E-state index contributed by atoms with van der Waals surface area (Å²) in [5.74, 6) is 0.718. The zero-order valence-corrected chi connectivity index (χ0v) is 12.5. The average Bonchev–Trinajstić information content (AvgIpc) is 2.48. The highest BCUT2D eigenvalue weighted by Crippen LogP contribution is 2.21. The van der Waals surface area contributed by atoms with Crippen LogP contribution in [-0.4, -0.2) is 38.3 Å². The Kier molecular flexibility index (Phi) is 4.71. The van der Waals surface area contributed by atoms with Gasteiger partial charge in [-0.2, -0.15) is 0 Å². The summed E-state index contributed by atoms with van der Waals surface area (Å²) in [6.45, 7) is 6.27. The molecule has 110 valence electrons. The molecular weight excluding hydrogens is 248 g/mol. The molecule has 20 heavy (non-hydrogen) atoms. The molecule has 2 heterocycles. The minimum Gasteiger partial charge on any atom is -0.381 e. The molecule has 0 bridgehead atoms. The first-order valence-electron chi connectivity index (χ1n) is 7.89.